The molecule has 2 aromatic heterocycles. The highest BCUT2D eigenvalue weighted by Gasteiger charge is 2.60. The van der Waals surface area contributed by atoms with E-state index < -0.39 is 12.2 Å². The Labute approximate surface area is 213 Å². The second-order valence-electron chi connectivity index (χ2n) is 10.8. The average Bonchev–Trinajstić information content (AvgIpc) is 3.77. The van der Waals surface area contributed by atoms with Crippen LogP contribution >= 0.6 is 11.6 Å². The van der Waals surface area contributed by atoms with E-state index in [9.17, 15) is 15.0 Å². The SMILES string of the molecule is O=C(NCN(c1nc(Cl)nc2c1ncn2[C@H]1C(O)[C@@H](O)C2C[C@@H]21)C(C1CC1)C1CC1)c1ccccc1. The number of anilines is 1. The van der Waals surface area contributed by atoms with Gasteiger partial charge in [-0.05, 0) is 79.5 Å². The Morgan fingerprint density at radius 3 is 2.44 bits per heavy atom. The van der Waals surface area contributed by atoms with Crippen molar-refractivity contribution in [1.82, 2.24) is 24.8 Å². The number of fused-ring (bicyclic) bond motifs is 2. The number of hydrogen-bond acceptors (Lipinski definition) is 7. The van der Waals surface area contributed by atoms with Crippen molar-refractivity contribution in [2.75, 3.05) is 11.6 Å². The average molecular weight is 509 g/mol. The molecule has 10 heteroatoms. The van der Waals surface area contributed by atoms with Crippen molar-refractivity contribution < 1.29 is 15.0 Å². The fraction of sp³-hybridized carbons (Fsp3) is 0.538. The highest BCUT2D eigenvalue weighted by atomic mass is 35.5. The number of aromatic nitrogens is 4. The molecule has 2 heterocycles. The van der Waals surface area contributed by atoms with E-state index >= 15 is 0 Å². The van der Waals surface area contributed by atoms with Gasteiger partial charge in [0, 0.05) is 11.6 Å². The molecule has 4 aliphatic rings. The van der Waals surface area contributed by atoms with Gasteiger partial charge in [0.25, 0.3) is 5.91 Å². The molecule has 0 bridgehead atoms. The summed E-state index contributed by atoms with van der Waals surface area (Å²) in [7, 11) is 0. The molecule has 0 saturated heterocycles. The Hall–Kier alpha value is -2.75. The third-order valence-electron chi connectivity index (χ3n) is 8.45. The van der Waals surface area contributed by atoms with Gasteiger partial charge in [0.05, 0.1) is 25.1 Å². The normalized spacial score (nSPS) is 28.9. The van der Waals surface area contributed by atoms with Crippen molar-refractivity contribution >= 4 is 34.5 Å². The van der Waals surface area contributed by atoms with Crippen molar-refractivity contribution in [1.29, 1.82) is 0 Å². The quantitative estimate of drug-likeness (QED) is 0.316. The Kier molecular flexibility index (Phi) is 5.23. The summed E-state index contributed by atoms with van der Waals surface area (Å²) in [6.45, 7) is 0.288. The molecule has 36 heavy (non-hydrogen) atoms. The number of carbonyl (C=O) groups is 1. The van der Waals surface area contributed by atoms with Crippen LogP contribution in [-0.4, -0.2) is 60.6 Å². The number of rotatable bonds is 8. The van der Waals surface area contributed by atoms with Gasteiger partial charge in [-0.25, -0.2) is 4.98 Å². The van der Waals surface area contributed by atoms with Crippen LogP contribution in [0.1, 0.15) is 48.5 Å². The number of benzene rings is 1. The third-order valence-corrected chi connectivity index (χ3v) is 8.62. The Bertz CT molecular complexity index is 1300. The van der Waals surface area contributed by atoms with Crippen LogP contribution < -0.4 is 10.2 Å². The number of imidazole rings is 1. The minimum absolute atomic E-state index is 0.101. The number of nitrogens with one attached hydrogen (secondary N) is 1. The zero-order valence-corrected chi connectivity index (χ0v) is 20.5. The number of hydrogen-bond donors (Lipinski definition) is 3. The van der Waals surface area contributed by atoms with Crippen LogP contribution in [0.2, 0.25) is 5.28 Å². The van der Waals surface area contributed by atoms with Crippen LogP contribution in [0.15, 0.2) is 36.7 Å². The summed E-state index contributed by atoms with van der Waals surface area (Å²) < 4.78 is 1.86. The molecule has 188 valence electrons. The minimum Gasteiger partial charge on any atom is -0.390 e. The van der Waals surface area contributed by atoms with Gasteiger partial charge >= 0.3 is 0 Å². The monoisotopic (exact) mass is 508 g/mol. The van der Waals surface area contributed by atoms with Gasteiger partial charge in [-0.2, -0.15) is 9.97 Å². The van der Waals surface area contributed by atoms with Crippen molar-refractivity contribution in [3.05, 3.63) is 47.5 Å². The highest BCUT2D eigenvalue weighted by molar-refractivity contribution is 6.28. The molecule has 9 nitrogen and oxygen atoms in total. The number of nitrogens with zero attached hydrogens (tertiary/aromatic N) is 5. The Morgan fingerprint density at radius 1 is 1.08 bits per heavy atom. The number of carbonyl (C=O) groups excluding carboxylic acids is 1. The standard InChI is InChI=1S/C26H29ClN6O3/c27-26-30-23(18-24(31-26)33(11-28-18)20-16-10-17(16)21(34)22(20)35)32(19(13-6-7-13)14-8-9-14)12-29-25(36)15-4-2-1-3-5-15/h1-5,11,13-14,16-17,19-22,34-35H,6-10,12H2,(H,29,36)/t16-,17?,20+,21-,22?/m0/s1. The summed E-state index contributed by atoms with van der Waals surface area (Å²) in [6.07, 6.45) is 5.63. The summed E-state index contributed by atoms with van der Waals surface area (Å²) in [5, 5.41) is 24.3. The first-order chi connectivity index (χ1) is 17.5. The summed E-state index contributed by atoms with van der Waals surface area (Å²) in [5.74, 6) is 1.90. The molecule has 3 aromatic rings. The first kappa shape index (κ1) is 22.4. The van der Waals surface area contributed by atoms with E-state index in [1.165, 1.54) is 0 Å². The third kappa shape index (κ3) is 3.76. The van der Waals surface area contributed by atoms with E-state index in [1.54, 1.807) is 18.5 Å². The zero-order valence-electron chi connectivity index (χ0n) is 19.7. The zero-order chi connectivity index (χ0) is 24.6. The Morgan fingerprint density at radius 2 is 1.81 bits per heavy atom. The number of halogens is 1. The van der Waals surface area contributed by atoms with Crippen LogP contribution in [0.4, 0.5) is 5.82 Å². The predicted octanol–water partition coefficient (Wildman–Crippen LogP) is 2.77. The lowest BCUT2D eigenvalue weighted by atomic mass is 10.1. The molecule has 0 spiro atoms. The maximum absolute atomic E-state index is 12.9. The van der Waals surface area contributed by atoms with Crippen LogP contribution in [-0.2, 0) is 0 Å². The van der Waals surface area contributed by atoms with Gasteiger partial charge in [-0.1, -0.05) is 18.2 Å². The van der Waals surface area contributed by atoms with E-state index in [0.717, 1.165) is 32.1 Å². The van der Waals surface area contributed by atoms with Crippen LogP contribution in [0.3, 0.4) is 0 Å². The number of aliphatic hydroxyl groups excluding tert-OH is 2. The van der Waals surface area contributed by atoms with Crippen LogP contribution in [0, 0.1) is 23.7 Å². The maximum atomic E-state index is 12.9. The highest BCUT2D eigenvalue weighted by Crippen LogP contribution is 2.58. The maximum Gasteiger partial charge on any atom is 0.252 e. The van der Waals surface area contributed by atoms with Crippen LogP contribution in [0.5, 0.6) is 0 Å². The molecular formula is C26H29ClN6O3. The van der Waals surface area contributed by atoms with Gasteiger partial charge in [0.15, 0.2) is 17.0 Å². The molecular weight excluding hydrogens is 480 g/mol. The molecule has 2 unspecified atom stereocenters. The van der Waals surface area contributed by atoms with Gasteiger partial charge in [-0.3, -0.25) is 4.79 Å². The molecule has 7 rings (SSSR count). The van der Waals surface area contributed by atoms with Crippen molar-refractivity contribution in [2.24, 2.45) is 23.7 Å². The van der Waals surface area contributed by atoms with E-state index in [0.29, 0.717) is 34.4 Å². The van der Waals surface area contributed by atoms with E-state index in [-0.39, 0.29) is 41.8 Å². The number of aliphatic hydroxyl groups is 2. The van der Waals surface area contributed by atoms with Gasteiger partial charge in [0.2, 0.25) is 5.28 Å². The van der Waals surface area contributed by atoms with E-state index in [4.69, 9.17) is 16.6 Å². The van der Waals surface area contributed by atoms with E-state index in [1.807, 2.05) is 22.8 Å². The van der Waals surface area contributed by atoms with E-state index in [2.05, 4.69) is 20.2 Å². The van der Waals surface area contributed by atoms with Gasteiger partial charge in [-0.15, -0.1) is 0 Å². The van der Waals surface area contributed by atoms with Gasteiger partial charge < -0.3 is 25.0 Å². The molecule has 0 radical (unpaired) electrons. The largest absolute Gasteiger partial charge is 0.390 e. The molecule has 1 aromatic carbocycles. The predicted molar refractivity (Wildman–Crippen MR) is 133 cm³/mol. The summed E-state index contributed by atoms with van der Waals surface area (Å²) in [5.41, 5.74) is 1.76. The summed E-state index contributed by atoms with van der Waals surface area (Å²) >= 11 is 6.48. The van der Waals surface area contributed by atoms with Crippen molar-refractivity contribution in [3.8, 4) is 0 Å². The summed E-state index contributed by atoms with van der Waals surface area (Å²) in [6, 6.07) is 9.14. The molecule has 3 N–H and O–H groups in total. The van der Waals surface area contributed by atoms with Crippen molar-refractivity contribution in [3.63, 3.8) is 0 Å². The lowest BCUT2D eigenvalue weighted by molar-refractivity contribution is 0.00386. The van der Waals surface area contributed by atoms with Crippen LogP contribution in [0.25, 0.3) is 11.2 Å². The second-order valence-corrected chi connectivity index (χ2v) is 11.2. The number of amides is 1. The fourth-order valence-electron chi connectivity index (χ4n) is 6.33. The Balaban J connectivity index is 1.27. The first-order valence-electron chi connectivity index (χ1n) is 12.9. The smallest absolute Gasteiger partial charge is 0.252 e. The fourth-order valence-corrected chi connectivity index (χ4v) is 6.49. The lowest BCUT2D eigenvalue weighted by Crippen LogP contribution is -2.46. The van der Waals surface area contributed by atoms with Gasteiger partial charge in [0.1, 0.15) is 6.10 Å². The molecule has 4 saturated carbocycles. The molecule has 4 fully saturated rings. The van der Waals surface area contributed by atoms with Crippen molar-refractivity contribution in [2.45, 2.75) is 56.4 Å². The molecule has 4 aliphatic carbocycles. The second kappa shape index (κ2) is 8.39. The lowest BCUT2D eigenvalue weighted by Gasteiger charge is -2.33. The summed E-state index contributed by atoms with van der Waals surface area (Å²) in [4.78, 5) is 28.9. The topological polar surface area (TPSA) is 116 Å². The first-order valence-corrected chi connectivity index (χ1v) is 13.2. The minimum atomic E-state index is -0.865. The molecule has 1 amide bonds. The molecule has 5 atom stereocenters. The molecule has 0 aliphatic heterocycles.